The summed E-state index contributed by atoms with van der Waals surface area (Å²) in [5.41, 5.74) is -0.0387. The highest BCUT2D eigenvalue weighted by Crippen LogP contribution is 2.32. The standard InChI is InChI=1S/C16H26N4O2/c1-3-19-9-5-8-16(2,12-19)15-17-13(18-22-15)7-11-20-10-4-6-14(20)21/h3-12H2,1-2H3. The molecule has 0 saturated carbocycles. The van der Waals surface area contributed by atoms with E-state index < -0.39 is 0 Å². The van der Waals surface area contributed by atoms with Crippen LogP contribution >= 0.6 is 0 Å². The molecule has 0 radical (unpaired) electrons. The van der Waals surface area contributed by atoms with Gasteiger partial charge >= 0.3 is 0 Å². The van der Waals surface area contributed by atoms with Crippen LogP contribution in [0.15, 0.2) is 4.52 Å². The number of amides is 1. The summed E-state index contributed by atoms with van der Waals surface area (Å²) in [5, 5.41) is 4.13. The van der Waals surface area contributed by atoms with Gasteiger partial charge in [-0.2, -0.15) is 4.98 Å². The van der Waals surface area contributed by atoms with Gasteiger partial charge in [-0.1, -0.05) is 12.1 Å². The van der Waals surface area contributed by atoms with Crippen molar-refractivity contribution < 1.29 is 9.32 Å². The fourth-order valence-electron chi connectivity index (χ4n) is 3.57. The summed E-state index contributed by atoms with van der Waals surface area (Å²) < 4.78 is 5.55. The minimum absolute atomic E-state index is 0.0387. The Morgan fingerprint density at radius 2 is 2.18 bits per heavy atom. The fraction of sp³-hybridized carbons (Fsp3) is 0.812. The molecule has 22 heavy (non-hydrogen) atoms. The zero-order chi connectivity index (χ0) is 15.6. The van der Waals surface area contributed by atoms with E-state index in [0.717, 1.165) is 50.7 Å². The van der Waals surface area contributed by atoms with Crippen LogP contribution in [-0.4, -0.2) is 58.6 Å². The normalized spacial score (nSPS) is 26.8. The van der Waals surface area contributed by atoms with Gasteiger partial charge in [0.2, 0.25) is 11.8 Å². The molecule has 0 aliphatic carbocycles. The van der Waals surface area contributed by atoms with Gasteiger partial charge in [-0.25, -0.2) is 0 Å². The number of rotatable bonds is 5. The maximum Gasteiger partial charge on any atom is 0.233 e. The van der Waals surface area contributed by atoms with E-state index in [1.807, 2.05) is 4.90 Å². The maximum absolute atomic E-state index is 11.6. The van der Waals surface area contributed by atoms with Crippen molar-refractivity contribution >= 4 is 5.91 Å². The van der Waals surface area contributed by atoms with Crippen LogP contribution in [0.3, 0.4) is 0 Å². The van der Waals surface area contributed by atoms with E-state index in [1.165, 1.54) is 6.42 Å². The van der Waals surface area contributed by atoms with Crippen LogP contribution in [0.25, 0.3) is 0 Å². The predicted molar refractivity (Wildman–Crippen MR) is 82.5 cm³/mol. The zero-order valence-electron chi connectivity index (χ0n) is 13.7. The number of likely N-dealkylation sites (tertiary alicyclic amines) is 2. The lowest BCUT2D eigenvalue weighted by atomic mass is 9.81. The number of aromatic nitrogens is 2. The van der Waals surface area contributed by atoms with Gasteiger partial charge in [-0.15, -0.1) is 0 Å². The Kier molecular flexibility index (Phi) is 4.47. The van der Waals surface area contributed by atoms with Gasteiger partial charge in [0.1, 0.15) is 0 Å². The Bertz CT molecular complexity index is 530. The number of carbonyl (C=O) groups is 1. The molecule has 0 bridgehead atoms. The lowest BCUT2D eigenvalue weighted by molar-refractivity contribution is -0.127. The predicted octanol–water partition coefficient (Wildman–Crippen LogP) is 1.61. The molecule has 0 spiro atoms. The second kappa shape index (κ2) is 6.36. The van der Waals surface area contributed by atoms with E-state index in [-0.39, 0.29) is 11.3 Å². The summed E-state index contributed by atoms with van der Waals surface area (Å²) in [7, 11) is 0. The number of carbonyl (C=O) groups excluding carboxylic acids is 1. The van der Waals surface area contributed by atoms with Gasteiger partial charge in [-0.05, 0) is 39.3 Å². The highest BCUT2D eigenvalue weighted by Gasteiger charge is 2.37. The van der Waals surface area contributed by atoms with Crippen molar-refractivity contribution in [3.63, 3.8) is 0 Å². The Labute approximate surface area is 131 Å². The first-order valence-corrected chi connectivity index (χ1v) is 8.44. The molecule has 2 aliphatic heterocycles. The quantitative estimate of drug-likeness (QED) is 0.827. The summed E-state index contributed by atoms with van der Waals surface area (Å²) in [5.74, 6) is 1.74. The van der Waals surface area contributed by atoms with Crippen molar-refractivity contribution in [2.24, 2.45) is 0 Å². The number of nitrogens with zero attached hydrogens (tertiary/aromatic N) is 4. The highest BCUT2D eigenvalue weighted by molar-refractivity contribution is 5.78. The first-order valence-electron chi connectivity index (χ1n) is 8.44. The van der Waals surface area contributed by atoms with Crippen LogP contribution < -0.4 is 0 Å². The van der Waals surface area contributed by atoms with E-state index in [1.54, 1.807) is 0 Å². The molecule has 0 aromatic carbocycles. The molecule has 6 heteroatoms. The van der Waals surface area contributed by atoms with Gasteiger partial charge in [-0.3, -0.25) is 4.79 Å². The maximum atomic E-state index is 11.6. The average molecular weight is 306 g/mol. The number of likely N-dealkylation sites (N-methyl/N-ethyl adjacent to an activating group) is 1. The third kappa shape index (κ3) is 3.16. The van der Waals surface area contributed by atoms with E-state index >= 15 is 0 Å². The Balaban J connectivity index is 1.61. The Morgan fingerprint density at radius 3 is 2.91 bits per heavy atom. The Morgan fingerprint density at radius 1 is 1.32 bits per heavy atom. The van der Waals surface area contributed by atoms with Crippen LogP contribution in [0.2, 0.25) is 0 Å². The summed E-state index contributed by atoms with van der Waals surface area (Å²) in [6.07, 6.45) is 4.60. The van der Waals surface area contributed by atoms with Crippen LogP contribution in [0.4, 0.5) is 0 Å². The van der Waals surface area contributed by atoms with Gasteiger partial charge in [0.25, 0.3) is 0 Å². The third-order valence-electron chi connectivity index (χ3n) is 4.98. The molecule has 1 unspecified atom stereocenters. The lowest BCUT2D eigenvalue weighted by Gasteiger charge is -2.37. The van der Waals surface area contributed by atoms with E-state index in [0.29, 0.717) is 19.4 Å². The van der Waals surface area contributed by atoms with Crippen molar-refractivity contribution in [3.8, 4) is 0 Å². The molecule has 6 nitrogen and oxygen atoms in total. The van der Waals surface area contributed by atoms with Gasteiger partial charge in [0, 0.05) is 32.5 Å². The summed E-state index contributed by atoms with van der Waals surface area (Å²) >= 11 is 0. The van der Waals surface area contributed by atoms with Crippen molar-refractivity contribution in [3.05, 3.63) is 11.7 Å². The van der Waals surface area contributed by atoms with Crippen LogP contribution in [0.1, 0.15) is 51.2 Å². The van der Waals surface area contributed by atoms with E-state index in [4.69, 9.17) is 4.52 Å². The number of hydrogen-bond acceptors (Lipinski definition) is 5. The van der Waals surface area contributed by atoms with Crippen LogP contribution in [0.5, 0.6) is 0 Å². The first kappa shape index (κ1) is 15.5. The molecule has 0 N–H and O–H groups in total. The monoisotopic (exact) mass is 306 g/mol. The second-order valence-corrected chi connectivity index (χ2v) is 6.78. The molecular weight excluding hydrogens is 280 g/mol. The average Bonchev–Trinajstić information content (AvgIpc) is 3.14. The molecule has 1 aromatic heterocycles. The van der Waals surface area contributed by atoms with Crippen LogP contribution in [0, 0.1) is 0 Å². The molecule has 2 aliphatic rings. The molecule has 3 heterocycles. The van der Waals surface area contributed by atoms with Gasteiger partial charge in [0.15, 0.2) is 5.82 Å². The molecule has 1 aromatic rings. The smallest absolute Gasteiger partial charge is 0.233 e. The number of piperidine rings is 1. The molecular formula is C16H26N4O2. The van der Waals surface area contributed by atoms with E-state index in [9.17, 15) is 4.79 Å². The van der Waals surface area contributed by atoms with Crippen molar-refractivity contribution in [1.29, 1.82) is 0 Å². The minimum atomic E-state index is -0.0387. The molecule has 1 amide bonds. The lowest BCUT2D eigenvalue weighted by Crippen LogP contribution is -2.44. The third-order valence-corrected chi connectivity index (χ3v) is 4.98. The summed E-state index contributed by atoms with van der Waals surface area (Å²) in [4.78, 5) is 20.6. The zero-order valence-corrected chi connectivity index (χ0v) is 13.7. The van der Waals surface area contributed by atoms with Gasteiger partial charge in [0.05, 0.1) is 5.41 Å². The van der Waals surface area contributed by atoms with Crippen molar-refractivity contribution in [2.45, 2.75) is 51.4 Å². The molecule has 2 saturated heterocycles. The SMILES string of the molecule is CCN1CCCC(C)(c2nc(CCN3CCCC3=O)no2)C1. The molecule has 2 fully saturated rings. The topological polar surface area (TPSA) is 62.5 Å². The number of hydrogen-bond donors (Lipinski definition) is 0. The van der Waals surface area contributed by atoms with E-state index in [2.05, 4.69) is 28.9 Å². The first-order chi connectivity index (χ1) is 10.6. The minimum Gasteiger partial charge on any atom is -0.342 e. The Hall–Kier alpha value is -1.43. The molecule has 3 rings (SSSR count). The highest BCUT2D eigenvalue weighted by atomic mass is 16.5. The molecule has 1 atom stereocenters. The largest absolute Gasteiger partial charge is 0.342 e. The fourth-order valence-corrected chi connectivity index (χ4v) is 3.57. The summed E-state index contributed by atoms with van der Waals surface area (Å²) in [6, 6.07) is 0. The van der Waals surface area contributed by atoms with Gasteiger partial charge < -0.3 is 14.3 Å². The summed E-state index contributed by atoms with van der Waals surface area (Å²) in [6.45, 7) is 9.18. The molecule has 122 valence electrons. The van der Waals surface area contributed by atoms with Crippen molar-refractivity contribution in [1.82, 2.24) is 19.9 Å². The van der Waals surface area contributed by atoms with Crippen LogP contribution in [-0.2, 0) is 16.6 Å². The van der Waals surface area contributed by atoms with Crippen molar-refractivity contribution in [2.75, 3.05) is 32.7 Å². The second-order valence-electron chi connectivity index (χ2n) is 6.78.